The van der Waals surface area contributed by atoms with Crippen LogP contribution in [-0.2, 0) is 17.8 Å². The summed E-state index contributed by atoms with van der Waals surface area (Å²) >= 11 is 3.54. The molecule has 1 saturated heterocycles. The molecule has 0 aliphatic carbocycles. The number of piperidine rings is 1. The lowest BCUT2D eigenvalue weighted by molar-refractivity contribution is 0.183. The Kier molecular flexibility index (Phi) is 5.67. The van der Waals surface area contributed by atoms with Crippen LogP contribution in [0.4, 0.5) is 0 Å². The predicted molar refractivity (Wildman–Crippen MR) is 80.7 cm³/mol. The van der Waals surface area contributed by atoms with Crippen LogP contribution in [0.5, 0.6) is 5.75 Å². The van der Waals surface area contributed by atoms with Crippen LogP contribution in [0.15, 0.2) is 16.6 Å². The second-order valence-corrected chi connectivity index (χ2v) is 5.99. The van der Waals surface area contributed by atoms with Crippen LogP contribution >= 0.6 is 15.9 Å². The average Bonchev–Trinajstić information content (AvgIpc) is 2.43. The van der Waals surface area contributed by atoms with Crippen molar-refractivity contribution in [3.8, 4) is 5.75 Å². The minimum absolute atomic E-state index is 0.635. The summed E-state index contributed by atoms with van der Waals surface area (Å²) in [4.78, 5) is 0. The molecule has 19 heavy (non-hydrogen) atoms. The van der Waals surface area contributed by atoms with Crippen molar-refractivity contribution in [1.29, 1.82) is 0 Å². The molecule has 0 bridgehead atoms. The van der Waals surface area contributed by atoms with Crippen molar-refractivity contribution < 1.29 is 9.47 Å². The summed E-state index contributed by atoms with van der Waals surface area (Å²) in [5, 5.41) is 3.41. The number of methoxy groups -OCH3 is 2. The van der Waals surface area contributed by atoms with E-state index >= 15 is 0 Å². The van der Waals surface area contributed by atoms with E-state index in [0.29, 0.717) is 6.61 Å². The molecule has 2 rings (SSSR count). The number of benzene rings is 1. The molecule has 0 amide bonds. The van der Waals surface area contributed by atoms with Crippen LogP contribution in [0.2, 0.25) is 0 Å². The quantitative estimate of drug-likeness (QED) is 0.901. The molecular weight excluding hydrogens is 306 g/mol. The van der Waals surface area contributed by atoms with Gasteiger partial charge in [0.25, 0.3) is 0 Å². The highest BCUT2D eigenvalue weighted by Gasteiger charge is 2.18. The van der Waals surface area contributed by atoms with E-state index in [9.17, 15) is 0 Å². The summed E-state index contributed by atoms with van der Waals surface area (Å²) in [7, 11) is 3.48. The molecule has 1 fully saturated rings. The maximum Gasteiger partial charge on any atom is 0.123 e. The monoisotopic (exact) mass is 327 g/mol. The molecule has 4 heteroatoms. The number of rotatable bonds is 5. The molecule has 0 aromatic heterocycles. The second-order valence-electron chi connectivity index (χ2n) is 5.08. The average molecular weight is 328 g/mol. The van der Waals surface area contributed by atoms with Crippen LogP contribution in [0, 0.1) is 5.92 Å². The highest BCUT2D eigenvalue weighted by molar-refractivity contribution is 9.10. The summed E-state index contributed by atoms with van der Waals surface area (Å²) in [5.41, 5.74) is 2.53. The summed E-state index contributed by atoms with van der Waals surface area (Å²) in [6, 6.07) is 4.19. The van der Waals surface area contributed by atoms with E-state index in [2.05, 4.69) is 33.4 Å². The van der Waals surface area contributed by atoms with Crippen molar-refractivity contribution in [3.05, 3.63) is 27.7 Å². The lowest BCUT2D eigenvalue weighted by Crippen LogP contribution is -2.29. The number of halogens is 1. The molecule has 1 aliphatic rings. The maximum absolute atomic E-state index is 5.55. The molecule has 106 valence electrons. The van der Waals surface area contributed by atoms with Gasteiger partial charge < -0.3 is 14.8 Å². The van der Waals surface area contributed by atoms with E-state index in [1.54, 1.807) is 14.2 Å². The zero-order valence-corrected chi connectivity index (χ0v) is 13.3. The molecule has 3 nitrogen and oxygen atoms in total. The fraction of sp³-hybridized carbons (Fsp3) is 0.600. The first kappa shape index (κ1) is 14.8. The van der Waals surface area contributed by atoms with Gasteiger partial charge in [0.15, 0.2) is 0 Å². The largest absolute Gasteiger partial charge is 0.496 e. The molecule has 0 atom stereocenters. The summed E-state index contributed by atoms with van der Waals surface area (Å²) in [5.74, 6) is 1.71. The minimum Gasteiger partial charge on any atom is -0.496 e. The molecule has 0 spiro atoms. The van der Waals surface area contributed by atoms with Crippen LogP contribution in [0.3, 0.4) is 0 Å². The Balaban J connectivity index is 2.24. The van der Waals surface area contributed by atoms with Gasteiger partial charge in [0, 0.05) is 11.6 Å². The van der Waals surface area contributed by atoms with Gasteiger partial charge in [-0.25, -0.2) is 0 Å². The summed E-state index contributed by atoms with van der Waals surface area (Å²) < 4.78 is 11.9. The van der Waals surface area contributed by atoms with E-state index < -0.39 is 0 Å². The Morgan fingerprint density at radius 2 is 2.00 bits per heavy atom. The fourth-order valence-electron chi connectivity index (χ4n) is 2.74. The van der Waals surface area contributed by atoms with Gasteiger partial charge in [0.2, 0.25) is 0 Å². The lowest BCUT2D eigenvalue weighted by Gasteiger charge is -2.24. The molecule has 1 aliphatic heterocycles. The second kappa shape index (κ2) is 7.27. The zero-order valence-electron chi connectivity index (χ0n) is 11.7. The van der Waals surface area contributed by atoms with E-state index in [1.807, 2.05) is 0 Å². The highest BCUT2D eigenvalue weighted by Crippen LogP contribution is 2.32. The highest BCUT2D eigenvalue weighted by atomic mass is 79.9. The van der Waals surface area contributed by atoms with Crippen molar-refractivity contribution in [1.82, 2.24) is 5.32 Å². The van der Waals surface area contributed by atoms with Gasteiger partial charge in [-0.1, -0.05) is 15.9 Å². The van der Waals surface area contributed by atoms with Crippen molar-refractivity contribution in [2.24, 2.45) is 5.92 Å². The first-order valence-electron chi connectivity index (χ1n) is 6.79. The van der Waals surface area contributed by atoms with Crippen molar-refractivity contribution in [2.45, 2.75) is 25.9 Å². The number of nitrogens with one attached hydrogen (secondary N) is 1. The number of hydrogen-bond acceptors (Lipinski definition) is 3. The van der Waals surface area contributed by atoms with Gasteiger partial charge in [-0.3, -0.25) is 0 Å². The molecule has 0 saturated carbocycles. The van der Waals surface area contributed by atoms with Gasteiger partial charge in [-0.15, -0.1) is 0 Å². The Bertz CT molecular complexity index is 417. The maximum atomic E-state index is 5.55. The Labute approximate surface area is 123 Å². The molecule has 1 aromatic rings. The SMILES string of the molecule is COCc1cc(Br)cc(OC)c1CC1CCNCC1. The van der Waals surface area contributed by atoms with Gasteiger partial charge in [0.1, 0.15) is 5.75 Å². The summed E-state index contributed by atoms with van der Waals surface area (Å²) in [6.07, 6.45) is 3.56. The van der Waals surface area contributed by atoms with Crippen molar-refractivity contribution in [3.63, 3.8) is 0 Å². The van der Waals surface area contributed by atoms with Crippen molar-refractivity contribution in [2.75, 3.05) is 27.3 Å². The predicted octanol–water partition coefficient (Wildman–Crippen LogP) is 3.15. The van der Waals surface area contributed by atoms with E-state index in [0.717, 1.165) is 35.7 Å². The van der Waals surface area contributed by atoms with Crippen LogP contribution < -0.4 is 10.1 Å². The van der Waals surface area contributed by atoms with E-state index in [1.165, 1.54) is 24.0 Å². The molecule has 1 N–H and O–H groups in total. The van der Waals surface area contributed by atoms with Crippen molar-refractivity contribution >= 4 is 15.9 Å². The minimum atomic E-state index is 0.635. The van der Waals surface area contributed by atoms with Gasteiger partial charge in [0.05, 0.1) is 13.7 Å². The molecular formula is C15H22BrNO2. The molecule has 0 unspecified atom stereocenters. The fourth-order valence-corrected chi connectivity index (χ4v) is 3.22. The first-order valence-corrected chi connectivity index (χ1v) is 7.58. The molecule has 0 radical (unpaired) electrons. The van der Waals surface area contributed by atoms with E-state index in [-0.39, 0.29) is 0 Å². The van der Waals surface area contributed by atoms with Gasteiger partial charge in [-0.2, -0.15) is 0 Å². The standard InChI is InChI=1S/C15H22BrNO2/c1-18-10-12-8-13(16)9-15(19-2)14(12)7-11-3-5-17-6-4-11/h8-9,11,17H,3-7,10H2,1-2H3. The smallest absolute Gasteiger partial charge is 0.123 e. The normalized spacial score (nSPS) is 16.6. The topological polar surface area (TPSA) is 30.5 Å². The number of ether oxygens (including phenoxy) is 2. The first-order chi connectivity index (χ1) is 9.24. The van der Waals surface area contributed by atoms with Crippen LogP contribution in [-0.4, -0.2) is 27.3 Å². The van der Waals surface area contributed by atoms with E-state index in [4.69, 9.17) is 9.47 Å². The van der Waals surface area contributed by atoms with Gasteiger partial charge in [-0.05, 0) is 61.5 Å². The van der Waals surface area contributed by atoms with Gasteiger partial charge >= 0.3 is 0 Å². The number of hydrogen-bond donors (Lipinski definition) is 1. The molecule has 1 heterocycles. The third kappa shape index (κ3) is 3.94. The lowest BCUT2D eigenvalue weighted by atomic mass is 9.88. The molecule has 1 aromatic carbocycles. The van der Waals surface area contributed by atoms with Crippen LogP contribution in [0.25, 0.3) is 0 Å². The third-order valence-electron chi connectivity index (χ3n) is 3.74. The Hall–Kier alpha value is -0.580. The third-order valence-corrected chi connectivity index (χ3v) is 4.20. The summed E-state index contributed by atoms with van der Waals surface area (Å²) in [6.45, 7) is 2.89. The Morgan fingerprint density at radius 1 is 1.26 bits per heavy atom. The zero-order chi connectivity index (χ0) is 13.7. The van der Waals surface area contributed by atoms with Crippen LogP contribution in [0.1, 0.15) is 24.0 Å². The Morgan fingerprint density at radius 3 is 2.63 bits per heavy atom.